The Hall–Kier alpha value is -8.52. The lowest BCUT2D eigenvalue weighted by Gasteiger charge is -2.19. The van der Waals surface area contributed by atoms with Gasteiger partial charge >= 0.3 is 0 Å². The van der Waals surface area contributed by atoms with Gasteiger partial charge in [-0.3, -0.25) is 0 Å². The van der Waals surface area contributed by atoms with E-state index < -0.39 is 0 Å². The number of nitrogens with zero attached hydrogens (tertiary/aromatic N) is 1. The molecule has 1 heterocycles. The van der Waals surface area contributed by atoms with Crippen LogP contribution in [0, 0.1) is 0 Å². The quantitative estimate of drug-likeness (QED) is 0.147. The smallest absolute Gasteiger partial charge is 0.0541 e. The Bertz CT molecular complexity index is 3900. The molecule has 65 heavy (non-hydrogen) atoms. The summed E-state index contributed by atoms with van der Waals surface area (Å²) in [5, 5.41) is 12.5. The van der Waals surface area contributed by atoms with Crippen molar-refractivity contribution in [3.63, 3.8) is 0 Å². The molecule has 12 aromatic carbocycles. The van der Waals surface area contributed by atoms with Crippen LogP contribution in [0.15, 0.2) is 249 Å². The van der Waals surface area contributed by atoms with E-state index in [1.54, 1.807) is 0 Å². The minimum absolute atomic E-state index is 1.15. The lowest BCUT2D eigenvalue weighted by molar-refractivity contribution is 1.18. The fourth-order valence-electron chi connectivity index (χ4n) is 10.6. The first-order valence-corrected chi connectivity index (χ1v) is 22.5. The first-order valence-electron chi connectivity index (χ1n) is 22.5. The van der Waals surface area contributed by atoms with Crippen molar-refractivity contribution >= 4 is 64.9 Å². The normalized spacial score (nSPS) is 11.7. The molecule has 0 saturated heterocycles. The highest BCUT2D eigenvalue weighted by molar-refractivity contribution is 6.22. The predicted molar refractivity (Wildman–Crippen MR) is 278 cm³/mol. The van der Waals surface area contributed by atoms with Gasteiger partial charge in [-0.2, -0.15) is 0 Å². The number of rotatable bonds is 6. The highest BCUT2D eigenvalue weighted by Crippen LogP contribution is 2.46. The van der Waals surface area contributed by atoms with Gasteiger partial charge in [-0.1, -0.05) is 218 Å². The molecule has 0 aliphatic carbocycles. The zero-order chi connectivity index (χ0) is 42.8. The number of fused-ring (bicyclic) bond motifs is 7. The number of hydrogen-bond donors (Lipinski definition) is 0. The lowest BCUT2D eigenvalue weighted by atomic mass is 9.84. The van der Waals surface area contributed by atoms with Crippen molar-refractivity contribution in [2.45, 2.75) is 0 Å². The van der Waals surface area contributed by atoms with Gasteiger partial charge in [-0.15, -0.1) is 0 Å². The van der Waals surface area contributed by atoms with Gasteiger partial charge in [0, 0.05) is 16.5 Å². The average Bonchev–Trinajstić information content (AvgIpc) is 3.72. The molecule has 0 amide bonds. The number of benzene rings is 12. The summed E-state index contributed by atoms with van der Waals surface area (Å²) in [4.78, 5) is 0. The van der Waals surface area contributed by atoms with Crippen LogP contribution < -0.4 is 0 Å². The first-order chi connectivity index (χ1) is 32.2. The second kappa shape index (κ2) is 15.1. The standard InChI is InChI=1S/C64H41N/c1-3-17-51-43(13-1)15-11-23-53(51)45-27-31-47(32-28-45)63-57-21-5-6-22-58(57)64(48-33-29-46(30-34-48)54-24-12-16-44-14-2-4-18-52(44)54)60-41-49(37-40-59(60)63)42-35-38-50(39-36-42)65-61-25-9-7-19-55(61)56-20-8-10-26-62(56)65/h1-41H. The van der Waals surface area contributed by atoms with Crippen LogP contribution in [0.5, 0.6) is 0 Å². The molecule has 0 unspecified atom stereocenters. The molecule has 0 radical (unpaired) electrons. The van der Waals surface area contributed by atoms with E-state index in [4.69, 9.17) is 0 Å². The molecule has 1 aromatic heterocycles. The summed E-state index contributed by atoms with van der Waals surface area (Å²) in [7, 11) is 0. The number of para-hydroxylation sites is 2. The van der Waals surface area contributed by atoms with Crippen molar-refractivity contribution in [3.05, 3.63) is 249 Å². The van der Waals surface area contributed by atoms with Gasteiger partial charge < -0.3 is 4.57 Å². The van der Waals surface area contributed by atoms with Crippen LogP contribution in [0.2, 0.25) is 0 Å². The Labute approximate surface area is 377 Å². The fourth-order valence-corrected chi connectivity index (χ4v) is 10.6. The second-order valence-electron chi connectivity index (χ2n) is 17.2. The monoisotopic (exact) mass is 823 g/mol. The Kier molecular flexibility index (Phi) is 8.60. The molecule has 0 aliphatic heterocycles. The zero-order valence-corrected chi connectivity index (χ0v) is 35.6. The molecule has 0 saturated carbocycles. The van der Waals surface area contributed by atoms with Gasteiger partial charge in [0.1, 0.15) is 0 Å². The van der Waals surface area contributed by atoms with Crippen LogP contribution >= 0.6 is 0 Å². The Morgan fingerprint density at radius 1 is 0.215 bits per heavy atom. The zero-order valence-electron chi connectivity index (χ0n) is 35.6. The van der Waals surface area contributed by atoms with E-state index in [9.17, 15) is 0 Å². The summed E-state index contributed by atoms with van der Waals surface area (Å²) < 4.78 is 2.39. The molecule has 0 aliphatic rings. The summed E-state index contributed by atoms with van der Waals surface area (Å²) in [6, 6.07) is 91.6. The van der Waals surface area contributed by atoms with Crippen molar-refractivity contribution in [3.8, 4) is 61.3 Å². The fraction of sp³-hybridized carbons (Fsp3) is 0. The van der Waals surface area contributed by atoms with Gasteiger partial charge in [0.25, 0.3) is 0 Å². The van der Waals surface area contributed by atoms with Crippen LogP contribution in [0.4, 0.5) is 0 Å². The molecule has 13 aromatic rings. The molecule has 1 nitrogen and oxygen atoms in total. The minimum atomic E-state index is 1.15. The molecule has 0 N–H and O–H groups in total. The predicted octanol–water partition coefficient (Wildman–Crippen LogP) is 17.7. The van der Waals surface area contributed by atoms with E-state index >= 15 is 0 Å². The van der Waals surface area contributed by atoms with Crippen LogP contribution in [-0.4, -0.2) is 4.57 Å². The van der Waals surface area contributed by atoms with E-state index in [-0.39, 0.29) is 0 Å². The topological polar surface area (TPSA) is 4.93 Å². The SMILES string of the molecule is c1ccc2c(-c3ccc(-c4c5ccccc5c(-c5ccc(-c6cccc7ccccc67)cc5)c5cc(-c6ccc(-n7c8ccccc8c8ccccc87)cc6)ccc45)cc3)cccc2c1. The third-order valence-corrected chi connectivity index (χ3v) is 13.6. The molecular weight excluding hydrogens is 783 g/mol. The van der Waals surface area contributed by atoms with Gasteiger partial charge in [-0.25, -0.2) is 0 Å². The molecule has 13 rings (SSSR count). The molecule has 0 spiro atoms. The third kappa shape index (κ3) is 6.09. The molecular formula is C64H41N. The highest BCUT2D eigenvalue weighted by atomic mass is 15.0. The average molecular weight is 824 g/mol. The van der Waals surface area contributed by atoms with E-state index in [1.807, 2.05) is 0 Å². The maximum atomic E-state index is 2.43. The molecule has 0 fully saturated rings. The number of hydrogen-bond acceptors (Lipinski definition) is 0. The van der Waals surface area contributed by atoms with Crippen molar-refractivity contribution in [1.29, 1.82) is 0 Å². The van der Waals surface area contributed by atoms with Crippen molar-refractivity contribution < 1.29 is 0 Å². The molecule has 0 bridgehead atoms. The summed E-state index contributed by atoms with van der Waals surface area (Å²) in [5.74, 6) is 0. The third-order valence-electron chi connectivity index (χ3n) is 13.6. The van der Waals surface area contributed by atoms with Crippen LogP contribution in [-0.2, 0) is 0 Å². The van der Waals surface area contributed by atoms with E-state index in [2.05, 4.69) is 253 Å². The summed E-state index contributed by atoms with van der Waals surface area (Å²) in [6.07, 6.45) is 0. The van der Waals surface area contributed by atoms with E-state index in [0.717, 1.165) is 5.69 Å². The Balaban J connectivity index is 0.989. The first kappa shape index (κ1) is 37.1. The maximum absolute atomic E-state index is 2.43. The number of aromatic nitrogens is 1. The molecule has 1 heteroatoms. The van der Waals surface area contributed by atoms with Crippen LogP contribution in [0.3, 0.4) is 0 Å². The van der Waals surface area contributed by atoms with Crippen molar-refractivity contribution in [2.24, 2.45) is 0 Å². The van der Waals surface area contributed by atoms with E-state index in [0.29, 0.717) is 0 Å². The van der Waals surface area contributed by atoms with Gasteiger partial charge in [0.2, 0.25) is 0 Å². The van der Waals surface area contributed by atoms with Gasteiger partial charge in [0.15, 0.2) is 0 Å². The molecule has 302 valence electrons. The largest absolute Gasteiger partial charge is 0.309 e. The van der Waals surface area contributed by atoms with E-state index in [1.165, 1.54) is 121 Å². The summed E-state index contributed by atoms with van der Waals surface area (Å²) in [6.45, 7) is 0. The minimum Gasteiger partial charge on any atom is -0.309 e. The van der Waals surface area contributed by atoms with Gasteiger partial charge in [-0.05, 0) is 129 Å². The maximum Gasteiger partial charge on any atom is 0.0541 e. The summed E-state index contributed by atoms with van der Waals surface area (Å²) >= 11 is 0. The lowest BCUT2D eigenvalue weighted by Crippen LogP contribution is -1.94. The Morgan fingerprint density at radius 3 is 1.11 bits per heavy atom. The Morgan fingerprint density at radius 2 is 0.585 bits per heavy atom. The van der Waals surface area contributed by atoms with Crippen molar-refractivity contribution in [1.82, 2.24) is 4.57 Å². The second-order valence-corrected chi connectivity index (χ2v) is 17.2. The van der Waals surface area contributed by atoms with Crippen molar-refractivity contribution in [2.75, 3.05) is 0 Å². The van der Waals surface area contributed by atoms with Crippen LogP contribution in [0.1, 0.15) is 0 Å². The van der Waals surface area contributed by atoms with Crippen LogP contribution in [0.25, 0.3) is 126 Å². The summed E-state index contributed by atoms with van der Waals surface area (Å²) in [5.41, 5.74) is 15.8. The molecule has 0 atom stereocenters. The highest BCUT2D eigenvalue weighted by Gasteiger charge is 2.19. The van der Waals surface area contributed by atoms with Gasteiger partial charge in [0.05, 0.1) is 11.0 Å².